The molecule has 0 aromatic carbocycles. The van der Waals surface area contributed by atoms with Gasteiger partial charge >= 0.3 is 0 Å². The quantitative estimate of drug-likeness (QED) is 0.895. The molecule has 17 heavy (non-hydrogen) atoms. The van der Waals surface area contributed by atoms with E-state index in [0.29, 0.717) is 20.9 Å². The van der Waals surface area contributed by atoms with Crippen LogP contribution in [0.2, 0.25) is 0 Å². The van der Waals surface area contributed by atoms with Crippen molar-refractivity contribution in [1.29, 1.82) is 0 Å². The van der Waals surface area contributed by atoms with Crippen LogP contribution >= 0.6 is 27.3 Å². The van der Waals surface area contributed by atoms with E-state index in [4.69, 9.17) is 5.73 Å². The molecule has 0 saturated carbocycles. The minimum absolute atomic E-state index is 0.166. The van der Waals surface area contributed by atoms with Gasteiger partial charge in [-0.05, 0) is 41.1 Å². The van der Waals surface area contributed by atoms with Crippen LogP contribution in [0, 0.1) is 6.92 Å². The van der Waals surface area contributed by atoms with E-state index in [2.05, 4.69) is 26.2 Å². The van der Waals surface area contributed by atoms with Gasteiger partial charge in [-0.2, -0.15) is 0 Å². The molecular formula is C11H10BrN3OS. The fraction of sp³-hybridized carbons (Fsp3) is 0.0909. The Morgan fingerprint density at radius 2 is 2.29 bits per heavy atom. The minimum atomic E-state index is -0.166. The molecule has 2 heterocycles. The molecule has 0 unspecified atom stereocenters. The first-order valence-corrected chi connectivity index (χ1v) is 6.46. The summed E-state index contributed by atoms with van der Waals surface area (Å²) in [7, 11) is 0. The number of aromatic nitrogens is 1. The largest absolute Gasteiger partial charge is 0.397 e. The predicted molar refractivity (Wildman–Crippen MR) is 73.4 cm³/mol. The zero-order chi connectivity index (χ0) is 12.4. The van der Waals surface area contributed by atoms with Crippen molar-refractivity contribution in [3.8, 4) is 0 Å². The lowest BCUT2D eigenvalue weighted by Crippen LogP contribution is -2.12. The SMILES string of the molecule is Cc1ccc(C(=O)Nc2ncc(N)cc2Br)s1. The fourth-order valence-electron chi connectivity index (χ4n) is 1.27. The lowest BCUT2D eigenvalue weighted by Gasteiger charge is -2.05. The van der Waals surface area contributed by atoms with Gasteiger partial charge in [0.15, 0.2) is 0 Å². The topological polar surface area (TPSA) is 68.0 Å². The number of carbonyl (C=O) groups excluding carboxylic acids is 1. The van der Waals surface area contributed by atoms with Crippen molar-refractivity contribution in [2.24, 2.45) is 0 Å². The number of hydrogen-bond donors (Lipinski definition) is 2. The molecule has 1 amide bonds. The van der Waals surface area contributed by atoms with Crippen LogP contribution in [0.4, 0.5) is 11.5 Å². The second-order valence-electron chi connectivity index (χ2n) is 3.46. The highest BCUT2D eigenvalue weighted by molar-refractivity contribution is 9.10. The van der Waals surface area contributed by atoms with Crippen molar-refractivity contribution in [1.82, 2.24) is 4.98 Å². The number of rotatable bonds is 2. The minimum Gasteiger partial charge on any atom is -0.397 e. The third-order valence-electron chi connectivity index (χ3n) is 2.06. The number of hydrogen-bond acceptors (Lipinski definition) is 4. The van der Waals surface area contributed by atoms with Gasteiger partial charge < -0.3 is 11.1 Å². The Kier molecular flexibility index (Phi) is 3.44. The van der Waals surface area contributed by atoms with Crippen LogP contribution in [0.1, 0.15) is 14.5 Å². The maximum absolute atomic E-state index is 11.9. The Morgan fingerprint density at radius 3 is 2.88 bits per heavy atom. The number of carbonyl (C=O) groups is 1. The summed E-state index contributed by atoms with van der Waals surface area (Å²) in [6.45, 7) is 1.96. The molecule has 0 radical (unpaired) electrons. The highest BCUT2D eigenvalue weighted by Crippen LogP contribution is 2.23. The van der Waals surface area contributed by atoms with E-state index in [-0.39, 0.29) is 5.91 Å². The normalized spacial score (nSPS) is 10.2. The van der Waals surface area contributed by atoms with Crippen LogP contribution < -0.4 is 11.1 Å². The van der Waals surface area contributed by atoms with Crippen molar-refractivity contribution in [3.05, 3.63) is 38.6 Å². The molecule has 88 valence electrons. The number of anilines is 2. The van der Waals surface area contributed by atoms with Gasteiger partial charge in [-0.3, -0.25) is 4.79 Å². The van der Waals surface area contributed by atoms with E-state index < -0.39 is 0 Å². The average molecular weight is 312 g/mol. The van der Waals surface area contributed by atoms with Crippen LogP contribution in [-0.4, -0.2) is 10.9 Å². The Morgan fingerprint density at radius 1 is 1.53 bits per heavy atom. The molecule has 0 fully saturated rings. The summed E-state index contributed by atoms with van der Waals surface area (Å²) in [5, 5.41) is 2.72. The first-order valence-electron chi connectivity index (χ1n) is 4.85. The summed E-state index contributed by atoms with van der Waals surface area (Å²) in [5.41, 5.74) is 6.11. The molecule has 0 spiro atoms. The molecule has 0 saturated heterocycles. The second kappa shape index (κ2) is 4.85. The molecule has 0 aliphatic carbocycles. The Balaban J connectivity index is 2.18. The average Bonchev–Trinajstić information content (AvgIpc) is 2.69. The van der Waals surface area contributed by atoms with Crippen molar-refractivity contribution >= 4 is 44.7 Å². The van der Waals surface area contributed by atoms with Crippen molar-refractivity contribution < 1.29 is 4.79 Å². The summed E-state index contributed by atoms with van der Waals surface area (Å²) in [6, 6.07) is 5.40. The maximum Gasteiger partial charge on any atom is 0.266 e. The van der Waals surface area contributed by atoms with Gasteiger partial charge in [-0.25, -0.2) is 4.98 Å². The van der Waals surface area contributed by atoms with Gasteiger partial charge in [0.05, 0.1) is 21.2 Å². The van der Waals surface area contributed by atoms with Crippen LogP contribution in [0.5, 0.6) is 0 Å². The summed E-state index contributed by atoms with van der Waals surface area (Å²) in [4.78, 5) is 17.7. The van der Waals surface area contributed by atoms with Crippen LogP contribution in [0.15, 0.2) is 28.9 Å². The first-order chi connectivity index (χ1) is 8.06. The molecule has 3 N–H and O–H groups in total. The van der Waals surface area contributed by atoms with E-state index in [1.807, 2.05) is 13.0 Å². The molecule has 2 aromatic rings. The number of nitrogens with zero attached hydrogens (tertiary/aromatic N) is 1. The van der Waals surface area contributed by atoms with Gasteiger partial charge in [-0.15, -0.1) is 11.3 Å². The van der Waals surface area contributed by atoms with Gasteiger partial charge in [0, 0.05) is 4.88 Å². The summed E-state index contributed by atoms with van der Waals surface area (Å²) < 4.78 is 0.666. The predicted octanol–water partition coefficient (Wildman–Crippen LogP) is 3.05. The maximum atomic E-state index is 11.9. The zero-order valence-electron chi connectivity index (χ0n) is 9.03. The number of nitrogen functional groups attached to an aromatic ring is 1. The van der Waals surface area contributed by atoms with Crippen molar-refractivity contribution in [2.45, 2.75) is 6.92 Å². The number of pyridine rings is 1. The van der Waals surface area contributed by atoms with Gasteiger partial charge in [-0.1, -0.05) is 0 Å². The first kappa shape index (κ1) is 12.1. The van der Waals surface area contributed by atoms with Gasteiger partial charge in [0.25, 0.3) is 5.91 Å². The smallest absolute Gasteiger partial charge is 0.266 e. The molecule has 0 aliphatic rings. The van der Waals surface area contributed by atoms with Gasteiger partial charge in [0.2, 0.25) is 0 Å². The van der Waals surface area contributed by atoms with Crippen molar-refractivity contribution in [3.63, 3.8) is 0 Å². The second-order valence-corrected chi connectivity index (χ2v) is 5.61. The lowest BCUT2D eigenvalue weighted by atomic mass is 10.4. The van der Waals surface area contributed by atoms with E-state index in [1.54, 1.807) is 12.1 Å². The number of nitrogens with two attached hydrogens (primary N) is 1. The number of thiophene rings is 1. The summed E-state index contributed by atoms with van der Waals surface area (Å²) in [6.07, 6.45) is 1.50. The number of aryl methyl sites for hydroxylation is 1. The number of amides is 1. The third kappa shape index (κ3) is 2.83. The van der Waals surface area contributed by atoms with E-state index >= 15 is 0 Å². The standard InChI is InChI=1S/C11H10BrN3OS/c1-6-2-3-9(17-6)11(16)15-10-8(12)4-7(13)5-14-10/h2-5H,13H2,1H3,(H,14,15,16). The zero-order valence-corrected chi connectivity index (χ0v) is 11.4. The molecule has 4 nitrogen and oxygen atoms in total. The Hall–Kier alpha value is -1.40. The number of halogens is 1. The highest BCUT2D eigenvalue weighted by atomic mass is 79.9. The molecule has 0 atom stereocenters. The van der Waals surface area contributed by atoms with E-state index in [0.717, 1.165) is 4.88 Å². The molecular weight excluding hydrogens is 302 g/mol. The van der Waals surface area contributed by atoms with E-state index in [9.17, 15) is 4.79 Å². The fourth-order valence-corrected chi connectivity index (χ4v) is 2.50. The Bertz CT molecular complexity index is 568. The summed E-state index contributed by atoms with van der Waals surface area (Å²) in [5.74, 6) is 0.302. The van der Waals surface area contributed by atoms with Crippen LogP contribution in [0.25, 0.3) is 0 Å². The lowest BCUT2D eigenvalue weighted by molar-refractivity contribution is 0.103. The monoisotopic (exact) mass is 311 g/mol. The highest BCUT2D eigenvalue weighted by Gasteiger charge is 2.11. The van der Waals surface area contributed by atoms with Gasteiger partial charge in [0.1, 0.15) is 5.82 Å². The van der Waals surface area contributed by atoms with Crippen LogP contribution in [0.3, 0.4) is 0 Å². The summed E-state index contributed by atoms with van der Waals surface area (Å²) >= 11 is 4.74. The Labute approximate surface area is 111 Å². The molecule has 2 rings (SSSR count). The van der Waals surface area contributed by atoms with E-state index in [1.165, 1.54) is 17.5 Å². The molecule has 6 heteroatoms. The molecule has 2 aromatic heterocycles. The molecule has 0 aliphatic heterocycles. The number of nitrogens with one attached hydrogen (secondary N) is 1. The van der Waals surface area contributed by atoms with Crippen LogP contribution in [-0.2, 0) is 0 Å². The van der Waals surface area contributed by atoms with Crippen molar-refractivity contribution in [2.75, 3.05) is 11.1 Å². The molecule has 0 bridgehead atoms. The third-order valence-corrected chi connectivity index (χ3v) is 3.66.